The first kappa shape index (κ1) is 13.1. The predicted octanol–water partition coefficient (Wildman–Crippen LogP) is 3.81. The maximum Gasteiger partial charge on any atom is 0.225 e. The van der Waals surface area contributed by atoms with Crippen LogP contribution in [0.15, 0.2) is 36.5 Å². The Balaban J connectivity index is 1.88. The summed E-state index contributed by atoms with van der Waals surface area (Å²) in [5.41, 5.74) is 3.52. The van der Waals surface area contributed by atoms with Crippen molar-refractivity contribution in [1.82, 2.24) is 4.98 Å². The van der Waals surface area contributed by atoms with Crippen molar-refractivity contribution in [2.45, 2.75) is 38.7 Å². The summed E-state index contributed by atoms with van der Waals surface area (Å²) in [7, 11) is 0. The van der Waals surface area contributed by atoms with E-state index in [1.165, 1.54) is 24.0 Å². The summed E-state index contributed by atoms with van der Waals surface area (Å²) in [5, 5.41) is 9.75. The normalized spacial score (nSPS) is 15.5. The molecule has 0 radical (unpaired) electrons. The summed E-state index contributed by atoms with van der Waals surface area (Å²) in [4.78, 5) is 4.23. The molecule has 0 saturated heterocycles. The number of ether oxygens (including phenoxy) is 1. The van der Waals surface area contributed by atoms with Gasteiger partial charge in [0, 0.05) is 11.8 Å². The van der Waals surface area contributed by atoms with Crippen LogP contribution in [-0.4, -0.2) is 10.1 Å². The average molecular weight is 269 g/mol. The van der Waals surface area contributed by atoms with Crippen LogP contribution in [0.3, 0.4) is 0 Å². The van der Waals surface area contributed by atoms with E-state index >= 15 is 0 Å². The molecule has 1 aliphatic rings. The van der Waals surface area contributed by atoms with Gasteiger partial charge < -0.3 is 9.84 Å². The van der Waals surface area contributed by atoms with E-state index in [4.69, 9.17) is 4.74 Å². The quantitative estimate of drug-likeness (QED) is 0.921. The molecule has 20 heavy (non-hydrogen) atoms. The van der Waals surface area contributed by atoms with Gasteiger partial charge >= 0.3 is 0 Å². The molecule has 3 nitrogen and oxygen atoms in total. The Labute approximate surface area is 119 Å². The highest BCUT2D eigenvalue weighted by molar-refractivity contribution is 5.40. The Hall–Kier alpha value is -1.87. The largest absolute Gasteiger partial charge is 0.439 e. The number of hydrogen-bond acceptors (Lipinski definition) is 3. The van der Waals surface area contributed by atoms with Gasteiger partial charge in [-0.25, -0.2) is 4.98 Å². The molecule has 1 aromatic heterocycles. The highest BCUT2D eigenvalue weighted by Crippen LogP contribution is 2.30. The van der Waals surface area contributed by atoms with E-state index in [9.17, 15) is 5.11 Å². The first-order valence-corrected chi connectivity index (χ1v) is 7.16. The van der Waals surface area contributed by atoms with E-state index in [0.29, 0.717) is 11.4 Å². The molecule has 2 aromatic rings. The zero-order valence-electron chi connectivity index (χ0n) is 11.7. The molecule has 0 amide bonds. The lowest BCUT2D eigenvalue weighted by atomic mass is 9.92. The molecule has 1 aliphatic carbocycles. The highest BCUT2D eigenvalue weighted by atomic mass is 16.5. The molecule has 0 unspecified atom stereocenters. The number of hydrogen-bond donors (Lipinski definition) is 1. The monoisotopic (exact) mass is 269 g/mol. The number of pyridine rings is 1. The minimum absolute atomic E-state index is 0.484. The molecule has 3 rings (SSSR count). The summed E-state index contributed by atoms with van der Waals surface area (Å²) >= 11 is 0. The second kappa shape index (κ2) is 5.63. The Morgan fingerprint density at radius 2 is 1.95 bits per heavy atom. The van der Waals surface area contributed by atoms with Gasteiger partial charge in [0.15, 0.2) is 0 Å². The van der Waals surface area contributed by atoms with Gasteiger partial charge in [0.25, 0.3) is 0 Å². The molecule has 1 N–H and O–H groups in total. The van der Waals surface area contributed by atoms with E-state index in [-0.39, 0.29) is 0 Å². The van der Waals surface area contributed by atoms with Crippen molar-refractivity contribution in [2.75, 3.05) is 0 Å². The van der Waals surface area contributed by atoms with Crippen molar-refractivity contribution in [1.29, 1.82) is 0 Å². The third-order valence-corrected chi connectivity index (χ3v) is 3.79. The lowest BCUT2D eigenvalue weighted by Crippen LogP contribution is -2.03. The van der Waals surface area contributed by atoms with Gasteiger partial charge in [-0.3, -0.25) is 0 Å². The molecule has 0 fully saturated rings. The molecule has 0 aliphatic heterocycles. The first-order chi connectivity index (χ1) is 9.74. The molecule has 1 atom stereocenters. The fourth-order valence-corrected chi connectivity index (χ4v) is 2.69. The van der Waals surface area contributed by atoms with Crippen molar-refractivity contribution >= 4 is 0 Å². The van der Waals surface area contributed by atoms with Crippen molar-refractivity contribution < 1.29 is 9.84 Å². The van der Waals surface area contributed by atoms with Gasteiger partial charge in [0.1, 0.15) is 5.75 Å². The maximum absolute atomic E-state index is 9.75. The molecular formula is C17H19NO2. The number of benzene rings is 1. The second-order valence-corrected chi connectivity index (χ2v) is 5.31. The van der Waals surface area contributed by atoms with Crippen LogP contribution in [0.5, 0.6) is 11.6 Å². The minimum atomic E-state index is -0.587. The zero-order chi connectivity index (χ0) is 13.9. The van der Waals surface area contributed by atoms with Gasteiger partial charge in [-0.05, 0) is 68.0 Å². The fourth-order valence-electron chi connectivity index (χ4n) is 2.69. The number of nitrogens with zero attached hydrogens (tertiary/aromatic N) is 1. The summed E-state index contributed by atoms with van der Waals surface area (Å²) in [6, 6.07) is 9.89. The van der Waals surface area contributed by atoms with E-state index in [2.05, 4.69) is 17.1 Å². The smallest absolute Gasteiger partial charge is 0.225 e. The molecule has 3 heteroatoms. The first-order valence-electron chi connectivity index (χ1n) is 7.16. The standard InChI is InChI=1S/C17H19NO2/c1-12(19)16-7-4-10-18-17(16)20-15-9-8-13-5-2-3-6-14(13)11-15/h4,7-12,19H,2-3,5-6H2,1H3/t12-/m0/s1. The number of aliphatic hydroxyl groups is 1. The number of rotatable bonds is 3. The van der Waals surface area contributed by atoms with Crippen LogP contribution in [0.1, 0.15) is 42.6 Å². The molecule has 0 bridgehead atoms. The van der Waals surface area contributed by atoms with E-state index in [1.807, 2.05) is 18.2 Å². The molecule has 1 aromatic carbocycles. The molecule has 0 saturated carbocycles. The van der Waals surface area contributed by atoms with Crippen molar-refractivity contribution in [3.63, 3.8) is 0 Å². The third kappa shape index (κ3) is 2.68. The topological polar surface area (TPSA) is 42.4 Å². The van der Waals surface area contributed by atoms with Crippen LogP contribution < -0.4 is 4.74 Å². The molecular weight excluding hydrogens is 250 g/mol. The van der Waals surface area contributed by atoms with Gasteiger partial charge in [-0.15, -0.1) is 0 Å². The van der Waals surface area contributed by atoms with Gasteiger partial charge in [-0.1, -0.05) is 6.07 Å². The lowest BCUT2D eigenvalue weighted by molar-refractivity contribution is 0.194. The number of aryl methyl sites for hydroxylation is 2. The van der Waals surface area contributed by atoms with E-state index in [1.54, 1.807) is 13.1 Å². The summed E-state index contributed by atoms with van der Waals surface area (Å²) < 4.78 is 5.87. The summed E-state index contributed by atoms with van der Waals surface area (Å²) in [6.07, 6.45) is 5.91. The predicted molar refractivity (Wildman–Crippen MR) is 78.0 cm³/mol. The Morgan fingerprint density at radius 1 is 1.15 bits per heavy atom. The van der Waals surface area contributed by atoms with Crippen LogP contribution in [0, 0.1) is 0 Å². The van der Waals surface area contributed by atoms with Crippen LogP contribution in [0.4, 0.5) is 0 Å². The highest BCUT2D eigenvalue weighted by Gasteiger charge is 2.13. The van der Waals surface area contributed by atoms with Crippen LogP contribution in [0.2, 0.25) is 0 Å². The third-order valence-electron chi connectivity index (χ3n) is 3.79. The second-order valence-electron chi connectivity index (χ2n) is 5.31. The van der Waals surface area contributed by atoms with Gasteiger partial charge in [0.05, 0.1) is 6.10 Å². The number of aliphatic hydroxyl groups excluding tert-OH is 1. The zero-order valence-corrected chi connectivity index (χ0v) is 11.7. The van der Waals surface area contributed by atoms with Crippen LogP contribution in [0.25, 0.3) is 0 Å². The number of aromatic nitrogens is 1. The Kier molecular flexibility index (Phi) is 3.70. The Morgan fingerprint density at radius 3 is 2.75 bits per heavy atom. The molecule has 104 valence electrons. The average Bonchev–Trinajstić information content (AvgIpc) is 2.47. The van der Waals surface area contributed by atoms with E-state index < -0.39 is 6.10 Å². The summed E-state index contributed by atoms with van der Waals surface area (Å²) in [6.45, 7) is 1.72. The lowest BCUT2D eigenvalue weighted by Gasteiger charge is -2.17. The van der Waals surface area contributed by atoms with Crippen LogP contribution >= 0.6 is 0 Å². The van der Waals surface area contributed by atoms with Crippen molar-refractivity contribution in [3.8, 4) is 11.6 Å². The van der Waals surface area contributed by atoms with Crippen LogP contribution in [-0.2, 0) is 12.8 Å². The minimum Gasteiger partial charge on any atom is -0.439 e. The fraction of sp³-hybridized carbons (Fsp3) is 0.353. The molecule has 0 spiro atoms. The Bertz CT molecular complexity index is 608. The van der Waals surface area contributed by atoms with Crippen molar-refractivity contribution in [2.24, 2.45) is 0 Å². The van der Waals surface area contributed by atoms with E-state index in [0.717, 1.165) is 18.6 Å². The molecule has 1 heterocycles. The van der Waals surface area contributed by atoms with Crippen molar-refractivity contribution in [3.05, 3.63) is 53.2 Å². The number of fused-ring (bicyclic) bond motifs is 1. The maximum atomic E-state index is 9.75. The van der Waals surface area contributed by atoms with Gasteiger partial charge in [-0.2, -0.15) is 0 Å². The SMILES string of the molecule is C[C@H](O)c1cccnc1Oc1ccc2c(c1)CCCC2. The summed E-state index contributed by atoms with van der Waals surface area (Å²) in [5.74, 6) is 1.28. The van der Waals surface area contributed by atoms with Gasteiger partial charge in [0.2, 0.25) is 5.88 Å².